The number of amides is 1. The summed E-state index contributed by atoms with van der Waals surface area (Å²) >= 11 is 12.1. The standard InChI is InChI=1S/C33H25Cl2N3O15S3/c34-21-12-16(54(43,44)45)13-22(35)28(21)53-33(42)14-7-9-38(10-8-14)31(39)15-1-2-17(32(40)41)20(11-15)25-18-3-5-23(36)29(55(46,47)48)26(18)52-27-19(25)4-6-24(37)30(27)56(49,50)51/h1-6,11-14,36H,7-10,37H2,(H,40,41)(H,43,44,45)(H,46,47,48)(H,49,50,51). The summed E-state index contributed by atoms with van der Waals surface area (Å²) in [6, 6.07) is 9.46. The van der Waals surface area contributed by atoms with E-state index in [2.05, 4.69) is 0 Å². The Labute approximate surface area is 326 Å². The van der Waals surface area contributed by atoms with Crippen molar-refractivity contribution >= 4 is 88.1 Å². The molecule has 56 heavy (non-hydrogen) atoms. The van der Waals surface area contributed by atoms with Crippen molar-refractivity contribution in [1.29, 1.82) is 5.41 Å². The van der Waals surface area contributed by atoms with Crippen LogP contribution in [-0.2, 0) is 35.1 Å². The summed E-state index contributed by atoms with van der Waals surface area (Å²) in [6.45, 7) is -0.0380. The fourth-order valence-corrected chi connectivity index (χ4v) is 9.05. The van der Waals surface area contributed by atoms with Crippen molar-refractivity contribution < 1.29 is 67.6 Å². The third-order valence-electron chi connectivity index (χ3n) is 8.87. The average Bonchev–Trinajstić information content (AvgIpc) is 3.09. The van der Waals surface area contributed by atoms with Crippen molar-refractivity contribution in [3.63, 3.8) is 0 Å². The van der Waals surface area contributed by atoms with Gasteiger partial charge in [-0.05, 0) is 73.0 Å². The van der Waals surface area contributed by atoms with Crippen LogP contribution in [0.15, 0.2) is 73.7 Å². The highest BCUT2D eigenvalue weighted by molar-refractivity contribution is 7.86. The first-order valence-electron chi connectivity index (χ1n) is 15.7. The Kier molecular flexibility index (Phi) is 10.4. The molecule has 2 aliphatic heterocycles. The van der Waals surface area contributed by atoms with Crippen molar-refractivity contribution in [3.8, 4) is 28.2 Å². The second-order valence-electron chi connectivity index (χ2n) is 12.4. The van der Waals surface area contributed by atoms with Gasteiger partial charge in [-0.2, -0.15) is 25.3 Å². The number of benzene rings is 4. The van der Waals surface area contributed by atoms with E-state index in [4.69, 9.17) is 43.5 Å². The molecule has 1 saturated heterocycles. The Morgan fingerprint density at radius 2 is 1.43 bits per heavy atom. The Morgan fingerprint density at radius 1 is 0.821 bits per heavy atom. The van der Waals surface area contributed by atoms with Crippen LogP contribution in [0, 0.1) is 11.3 Å². The number of piperidine rings is 1. The number of carboxylic acids is 1. The number of hydrogen-bond donors (Lipinski definition) is 6. The zero-order valence-corrected chi connectivity index (χ0v) is 31.8. The second kappa shape index (κ2) is 14.4. The quantitative estimate of drug-likeness (QED) is 0.0412. The van der Waals surface area contributed by atoms with Crippen LogP contribution in [-0.4, -0.2) is 79.9 Å². The zero-order chi connectivity index (χ0) is 41.2. The van der Waals surface area contributed by atoms with Gasteiger partial charge in [0.25, 0.3) is 36.3 Å². The van der Waals surface area contributed by atoms with Crippen LogP contribution < -0.4 is 15.8 Å². The predicted molar refractivity (Wildman–Crippen MR) is 196 cm³/mol. The SMILES string of the molecule is N=c1ccc2c(-c3cc(C(=O)N4CCC(C(=O)Oc5c(Cl)cc(S(=O)(=O)O)cc5Cl)CC4)ccc3C(=O)O)c3ccc(N)c(S(=O)(=O)O)c3oc-2c1S(=O)(=O)O. The number of nitrogens with zero attached hydrogens (tertiary/aromatic N) is 1. The Balaban J connectivity index is 1.40. The number of aromatic carboxylic acids is 1. The fourth-order valence-electron chi connectivity index (χ4n) is 6.33. The fraction of sp³-hybridized carbons (Fsp3) is 0.152. The summed E-state index contributed by atoms with van der Waals surface area (Å²) in [4.78, 5) is 38.1. The number of hydrogen-bond acceptors (Lipinski definition) is 13. The molecule has 2 heterocycles. The van der Waals surface area contributed by atoms with E-state index < -0.39 is 96.8 Å². The lowest BCUT2D eigenvalue weighted by atomic mass is 9.89. The molecule has 3 aromatic rings. The minimum atomic E-state index is -5.27. The summed E-state index contributed by atoms with van der Waals surface area (Å²) < 4.78 is 113. The number of rotatable bonds is 8. The Bertz CT molecular complexity index is 2880. The Morgan fingerprint density at radius 3 is 1.98 bits per heavy atom. The van der Waals surface area contributed by atoms with E-state index in [1.165, 1.54) is 17.0 Å². The maximum absolute atomic E-state index is 13.9. The minimum Gasteiger partial charge on any atom is -0.478 e. The summed E-state index contributed by atoms with van der Waals surface area (Å²) in [6.07, 6.45) is 0.123. The lowest BCUT2D eigenvalue weighted by Gasteiger charge is -2.31. The molecule has 23 heteroatoms. The first-order valence-corrected chi connectivity index (χ1v) is 20.7. The molecule has 0 unspecified atom stereocenters. The molecule has 0 radical (unpaired) electrons. The monoisotopic (exact) mass is 869 g/mol. The van der Waals surface area contributed by atoms with Crippen molar-refractivity contribution in [2.75, 3.05) is 18.8 Å². The smallest absolute Gasteiger partial charge is 0.336 e. The van der Waals surface area contributed by atoms with Gasteiger partial charge < -0.3 is 24.9 Å². The highest BCUT2D eigenvalue weighted by atomic mass is 35.5. The number of nitrogens with two attached hydrogens (primary N) is 1. The van der Waals surface area contributed by atoms with Crippen molar-refractivity contribution in [2.45, 2.75) is 27.5 Å². The molecule has 1 fully saturated rings. The van der Waals surface area contributed by atoms with E-state index in [-0.39, 0.29) is 69.4 Å². The van der Waals surface area contributed by atoms with Crippen molar-refractivity contribution in [3.05, 3.63) is 81.1 Å². The largest absolute Gasteiger partial charge is 0.478 e. The van der Waals surface area contributed by atoms with E-state index >= 15 is 0 Å². The molecule has 6 rings (SSSR count). The molecule has 3 aliphatic rings. The maximum atomic E-state index is 13.9. The number of carbonyl (C=O) groups is 3. The van der Waals surface area contributed by atoms with Crippen molar-refractivity contribution in [1.82, 2.24) is 4.90 Å². The number of carboxylic acid groups (broad SMARTS) is 1. The van der Waals surface area contributed by atoms with E-state index in [0.29, 0.717) is 0 Å². The van der Waals surface area contributed by atoms with Crippen LogP contribution in [0.4, 0.5) is 5.69 Å². The average molecular weight is 871 g/mol. The molecule has 0 aromatic heterocycles. The molecule has 7 N–H and O–H groups in total. The molecule has 1 amide bonds. The highest BCUT2D eigenvalue weighted by Crippen LogP contribution is 2.46. The predicted octanol–water partition coefficient (Wildman–Crippen LogP) is 4.47. The van der Waals surface area contributed by atoms with Crippen molar-refractivity contribution in [2.24, 2.45) is 5.92 Å². The van der Waals surface area contributed by atoms with Gasteiger partial charge in [0, 0.05) is 35.2 Å². The first-order chi connectivity index (χ1) is 26.0. The molecule has 0 atom stereocenters. The molecule has 18 nitrogen and oxygen atoms in total. The Hall–Kier alpha value is -5.13. The number of halogens is 2. The van der Waals surface area contributed by atoms with Crippen LogP contribution in [0.25, 0.3) is 33.4 Å². The van der Waals surface area contributed by atoms with E-state index in [1.807, 2.05) is 0 Å². The second-order valence-corrected chi connectivity index (χ2v) is 17.3. The topological polar surface area (TPSA) is 310 Å². The van der Waals surface area contributed by atoms with E-state index in [9.17, 15) is 58.4 Å². The zero-order valence-electron chi connectivity index (χ0n) is 27.9. The number of likely N-dealkylation sites (tertiary alicyclic amines) is 1. The third-order valence-corrected chi connectivity index (χ3v) is 12.1. The van der Waals surface area contributed by atoms with Gasteiger partial charge in [0.15, 0.2) is 26.9 Å². The van der Waals surface area contributed by atoms with Gasteiger partial charge >= 0.3 is 11.9 Å². The van der Waals surface area contributed by atoms with Crippen LogP contribution in [0.2, 0.25) is 10.0 Å². The molecule has 3 aromatic carbocycles. The number of nitrogens with one attached hydrogen (secondary N) is 1. The van der Waals surface area contributed by atoms with Crippen LogP contribution in [0.3, 0.4) is 0 Å². The van der Waals surface area contributed by atoms with Gasteiger partial charge in [-0.15, -0.1) is 0 Å². The van der Waals surface area contributed by atoms with Gasteiger partial charge in [0.1, 0.15) is 0 Å². The van der Waals surface area contributed by atoms with Gasteiger partial charge in [-0.1, -0.05) is 23.2 Å². The van der Waals surface area contributed by atoms with Crippen LogP contribution >= 0.6 is 23.2 Å². The third kappa shape index (κ3) is 7.54. The molecule has 0 bridgehead atoms. The van der Waals surface area contributed by atoms with Gasteiger partial charge in [-0.3, -0.25) is 28.7 Å². The lowest BCUT2D eigenvalue weighted by molar-refractivity contribution is -0.140. The van der Waals surface area contributed by atoms with Gasteiger partial charge in [-0.25, -0.2) is 4.79 Å². The maximum Gasteiger partial charge on any atom is 0.336 e. The summed E-state index contributed by atoms with van der Waals surface area (Å²) in [5.41, 5.74) is 3.23. The summed E-state index contributed by atoms with van der Waals surface area (Å²) in [7, 11) is -15.2. The molecule has 0 saturated carbocycles. The minimum absolute atomic E-state index is 0.0190. The number of nitrogen functional groups attached to an aromatic ring is 1. The number of carbonyl (C=O) groups excluding carboxylic acids is 2. The van der Waals surface area contributed by atoms with Gasteiger partial charge in [0.05, 0.1) is 37.5 Å². The molecule has 0 spiro atoms. The molecular formula is C33H25Cl2N3O15S3. The van der Waals surface area contributed by atoms with Crippen LogP contribution in [0.1, 0.15) is 33.6 Å². The summed E-state index contributed by atoms with van der Waals surface area (Å²) in [5.74, 6) is -4.91. The van der Waals surface area contributed by atoms with E-state index in [1.54, 1.807) is 0 Å². The first kappa shape index (κ1) is 40.5. The summed E-state index contributed by atoms with van der Waals surface area (Å²) in [5, 5.41) is 16.6. The lowest BCUT2D eigenvalue weighted by Crippen LogP contribution is -2.41. The normalized spacial score (nSPS) is 14.3. The molecule has 294 valence electrons. The molecular weight excluding hydrogens is 845 g/mol. The van der Waals surface area contributed by atoms with Gasteiger partial charge in [0.2, 0.25) is 0 Å². The van der Waals surface area contributed by atoms with E-state index in [0.717, 1.165) is 42.5 Å². The van der Waals surface area contributed by atoms with Crippen LogP contribution in [0.5, 0.6) is 5.75 Å². The highest BCUT2D eigenvalue weighted by Gasteiger charge is 2.34. The number of esters is 1. The number of anilines is 1. The molecule has 1 aliphatic carbocycles. The number of fused-ring (bicyclic) bond motifs is 2. The number of ether oxygens (including phenoxy) is 1.